The van der Waals surface area contributed by atoms with E-state index in [2.05, 4.69) is 15.4 Å². The zero-order chi connectivity index (χ0) is 25.4. The largest absolute Gasteiger partial charge is 0.469 e. The summed E-state index contributed by atoms with van der Waals surface area (Å²) in [6.45, 7) is 3.62. The Hall–Kier alpha value is -2.75. The third-order valence-corrected chi connectivity index (χ3v) is 6.82. The lowest BCUT2D eigenvalue weighted by atomic mass is 9.82. The molecule has 1 unspecified atom stereocenters. The number of rotatable bonds is 11. The number of aliphatic hydroxyl groups excluding tert-OH is 1. The van der Waals surface area contributed by atoms with E-state index >= 15 is 0 Å². The highest BCUT2D eigenvalue weighted by atomic mass is 16.5. The van der Waals surface area contributed by atoms with E-state index in [9.17, 15) is 19.5 Å². The number of aliphatic hydroxyl groups is 2. The van der Waals surface area contributed by atoms with Crippen molar-refractivity contribution in [2.24, 2.45) is 11.8 Å². The van der Waals surface area contributed by atoms with E-state index < -0.39 is 17.4 Å². The Morgan fingerprint density at radius 3 is 2.86 bits per heavy atom. The van der Waals surface area contributed by atoms with Gasteiger partial charge in [-0.3, -0.25) is 14.4 Å². The average molecular weight is 488 g/mol. The summed E-state index contributed by atoms with van der Waals surface area (Å²) >= 11 is 0. The van der Waals surface area contributed by atoms with Crippen LogP contribution in [0.15, 0.2) is 30.4 Å². The topological polar surface area (TPSA) is 128 Å². The predicted molar refractivity (Wildman–Crippen MR) is 133 cm³/mol. The Morgan fingerprint density at radius 1 is 1.37 bits per heavy atom. The van der Waals surface area contributed by atoms with Crippen molar-refractivity contribution >= 4 is 29.2 Å². The summed E-state index contributed by atoms with van der Waals surface area (Å²) in [4.78, 5) is 39.3. The summed E-state index contributed by atoms with van der Waals surface area (Å²) in [5.74, 6) is -1.50. The minimum atomic E-state index is -1.81. The number of amides is 2. The first kappa shape index (κ1) is 26.8. The van der Waals surface area contributed by atoms with Gasteiger partial charge in [-0.25, -0.2) is 0 Å². The van der Waals surface area contributed by atoms with Gasteiger partial charge in [-0.2, -0.15) is 0 Å². The van der Waals surface area contributed by atoms with Crippen molar-refractivity contribution in [3.8, 4) is 0 Å². The Balaban J connectivity index is 1.85. The number of methoxy groups -OCH3 is 1. The third kappa shape index (κ3) is 6.09. The van der Waals surface area contributed by atoms with Crippen LogP contribution in [0.4, 0.5) is 11.4 Å². The first-order chi connectivity index (χ1) is 16.8. The maximum Gasteiger partial charge on any atom is 0.305 e. The second-order valence-corrected chi connectivity index (χ2v) is 9.25. The maximum atomic E-state index is 13.5. The lowest BCUT2D eigenvalue weighted by Gasteiger charge is -2.28. The molecule has 9 heteroatoms. The SMILES string of the molecule is COC(=O)CCCCN1C(=O)[C@](O)([C@H](C)/C=C/CCO)c2cc(NC(=O)C3CCCNC3)ccc21. The number of piperidine rings is 1. The minimum absolute atomic E-state index is 0.0231. The number of carbonyl (C=O) groups excluding carboxylic acids is 3. The molecule has 0 bridgehead atoms. The van der Waals surface area contributed by atoms with E-state index in [0.717, 1.165) is 19.4 Å². The van der Waals surface area contributed by atoms with E-state index in [1.54, 1.807) is 42.2 Å². The Kier molecular flexibility index (Phi) is 9.42. The molecule has 9 nitrogen and oxygen atoms in total. The molecule has 0 spiro atoms. The van der Waals surface area contributed by atoms with Gasteiger partial charge in [0, 0.05) is 43.3 Å². The molecule has 1 aromatic rings. The van der Waals surface area contributed by atoms with Crippen molar-refractivity contribution < 1.29 is 29.3 Å². The zero-order valence-electron chi connectivity index (χ0n) is 20.6. The number of hydrogen-bond donors (Lipinski definition) is 4. The molecule has 35 heavy (non-hydrogen) atoms. The van der Waals surface area contributed by atoms with Gasteiger partial charge in [0.2, 0.25) is 5.91 Å². The minimum Gasteiger partial charge on any atom is -0.469 e. The van der Waals surface area contributed by atoms with Gasteiger partial charge in [-0.1, -0.05) is 19.1 Å². The van der Waals surface area contributed by atoms with Gasteiger partial charge >= 0.3 is 5.97 Å². The lowest BCUT2D eigenvalue weighted by molar-refractivity contribution is -0.140. The number of hydrogen-bond acceptors (Lipinski definition) is 7. The van der Waals surface area contributed by atoms with Crippen LogP contribution < -0.4 is 15.5 Å². The second kappa shape index (κ2) is 12.3. The van der Waals surface area contributed by atoms with Crippen LogP contribution in [0, 0.1) is 11.8 Å². The smallest absolute Gasteiger partial charge is 0.305 e. The molecule has 0 aliphatic carbocycles. The number of nitrogens with one attached hydrogen (secondary N) is 2. The Bertz CT molecular complexity index is 943. The molecule has 0 radical (unpaired) electrons. The second-order valence-electron chi connectivity index (χ2n) is 9.25. The molecular weight excluding hydrogens is 450 g/mol. The summed E-state index contributed by atoms with van der Waals surface area (Å²) in [5, 5.41) is 27.0. The molecule has 2 aliphatic heterocycles. The van der Waals surface area contributed by atoms with Crippen LogP contribution in [0.5, 0.6) is 0 Å². The molecule has 3 atom stereocenters. The molecular formula is C26H37N3O6. The highest BCUT2D eigenvalue weighted by Gasteiger charge is 2.52. The highest BCUT2D eigenvalue weighted by molar-refractivity contribution is 6.08. The van der Waals surface area contributed by atoms with Crippen molar-refractivity contribution in [3.63, 3.8) is 0 Å². The first-order valence-electron chi connectivity index (χ1n) is 12.4. The molecule has 2 amide bonds. The molecule has 2 heterocycles. The number of ether oxygens (including phenoxy) is 1. The summed E-state index contributed by atoms with van der Waals surface area (Å²) in [5.41, 5.74) is -0.243. The zero-order valence-corrected chi connectivity index (χ0v) is 20.6. The van der Waals surface area contributed by atoms with Gasteiger partial charge in [-0.15, -0.1) is 0 Å². The van der Waals surface area contributed by atoms with E-state index in [4.69, 9.17) is 5.11 Å². The maximum absolute atomic E-state index is 13.5. The van der Waals surface area contributed by atoms with Gasteiger partial charge in [0.25, 0.3) is 5.91 Å². The van der Waals surface area contributed by atoms with Gasteiger partial charge in [0.1, 0.15) is 0 Å². The van der Waals surface area contributed by atoms with Crippen molar-refractivity contribution in [3.05, 3.63) is 35.9 Å². The van der Waals surface area contributed by atoms with Crippen LogP contribution in [-0.2, 0) is 24.7 Å². The molecule has 192 valence electrons. The number of benzene rings is 1. The molecule has 1 fully saturated rings. The van der Waals surface area contributed by atoms with Gasteiger partial charge in [-0.05, 0) is 56.8 Å². The van der Waals surface area contributed by atoms with E-state index in [0.29, 0.717) is 49.3 Å². The van der Waals surface area contributed by atoms with Gasteiger partial charge in [0.05, 0.1) is 18.7 Å². The van der Waals surface area contributed by atoms with E-state index in [1.807, 2.05) is 0 Å². The van der Waals surface area contributed by atoms with Crippen LogP contribution in [0.3, 0.4) is 0 Å². The molecule has 1 saturated heterocycles. The number of fused-ring (bicyclic) bond motifs is 1. The molecule has 1 aromatic carbocycles. The number of unbranched alkanes of at least 4 members (excludes halogenated alkanes) is 1. The number of anilines is 2. The van der Waals surface area contributed by atoms with Gasteiger partial charge < -0.3 is 30.5 Å². The van der Waals surface area contributed by atoms with Crippen LogP contribution >= 0.6 is 0 Å². The summed E-state index contributed by atoms with van der Waals surface area (Å²) in [7, 11) is 1.34. The Morgan fingerprint density at radius 2 is 2.17 bits per heavy atom. The molecule has 2 aliphatic rings. The first-order valence-corrected chi connectivity index (χ1v) is 12.4. The number of esters is 1. The standard InChI is InChI=1S/C26H37N3O6/c1-18(8-4-6-15-30)26(34)21-16-20(28-24(32)19-9-7-13-27-17-19)11-12-22(21)29(25(26)33)14-5-3-10-23(31)35-2/h4,8,11-12,16,18-19,27,30,34H,3,5-7,9-10,13-15,17H2,1-2H3,(H,28,32)/b8-4+/t18-,19?,26+/m1/s1. The quantitative estimate of drug-likeness (QED) is 0.214. The van der Waals surface area contributed by atoms with Crippen LogP contribution in [0.2, 0.25) is 0 Å². The van der Waals surface area contributed by atoms with Crippen molar-refractivity contribution in [1.29, 1.82) is 0 Å². The normalized spacial score (nSPS) is 22.8. The van der Waals surface area contributed by atoms with Crippen LogP contribution in [0.25, 0.3) is 0 Å². The van der Waals surface area contributed by atoms with Crippen molar-refractivity contribution in [1.82, 2.24) is 5.32 Å². The van der Waals surface area contributed by atoms with Gasteiger partial charge in [0.15, 0.2) is 5.60 Å². The molecule has 3 rings (SSSR count). The number of carbonyl (C=O) groups is 3. The fourth-order valence-corrected chi connectivity index (χ4v) is 4.72. The van der Waals surface area contributed by atoms with Crippen LogP contribution in [0.1, 0.15) is 51.0 Å². The molecule has 0 aromatic heterocycles. The van der Waals surface area contributed by atoms with Crippen molar-refractivity contribution in [2.45, 2.75) is 51.0 Å². The summed E-state index contributed by atoms with van der Waals surface area (Å²) in [6, 6.07) is 5.19. The van der Waals surface area contributed by atoms with E-state index in [-0.39, 0.29) is 30.8 Å². The number of nitrogens with zero attached hydrogens (tertiary/aromatic N) is 1. The van der Waals surface area contributed by atoms with Crippen LogP contribution in [-0.4, -0.2) is 61.3 Å². The fraction of sp³-hybridized carbons (Fsp3) is 0.577. The Labute approximate surface area is 206 Å². The summed E-state index contributed by atoms with van der Waals surface area (Å²) < 4.78 is 4.68. The van der Waals surface area contributed by atoms with E-state index in [1.165, 1.54) is 7.11 Å². The molecule has 0 saturated carbocycles. The monoisotopic (exact) mass is 487 g/mol. The molecule has 4 N–H and O–H groups in total. The predicted octanol–water partition coefficient (Wildman–Crippen LogP) is 2.08. The average Bonchev–Trinajstić information content (AvgIpc) is 3.09. The lowest BCUT2D eigenvalue weighted by Crippen LogP contribution is -2.44. The fourth-order valence-electron chi connectivity index (χ4n) is 4.72. The highest BCUT2D eigenvalue weighted by Crippen LogP contribution is 2.46. The third-order valence-electron chi connectivity index (χ3n) is 6.82. The van der Waals surface area contributed by atoms with Crippen molar-refractivity contribution in [2.75, 3.05) is 43.6 Å². The summed E-state index contributed by atoms with van der Waals surface area (Å²) in [6.07, 6.45) is 7.05.